The number of aliphatic imine (C=N–C) groups is 1. The number of likely N-dealkylation sites (tertiary alicyclic amines) is 1. The van der Waals surface area contributed by atoms with E-state index < -0.39 is 0 Å². The minimum absolute atomic E-state index is 0.452. The van der Waals surface area contributed by atoms with E-state index in [1.54, 1.807) is 11.8 Å². The van der Waals surface area contributed by atoms with Crippen molar-refractivity contribution in [3.63, 3.8) is 0 Å². The van der Waals surface area contributed by atoms with E-state index in [9.17, 15) is 0 Å². The molecule has 0 amide bonds. The van der Waals surface area contributed by atoms with Crippen molar-refractivity contribution in [3.8, 4) is 0 Å². The van der Waals surface area contributed by atoms with E-state index >= 15 is 0 Å². The molecule has 0 spiro atoms. The Labute approximate surface area is 135 Å². The molecule has 1 heterocycles. The maximum absolute atomic E-state index is 5.63. The lowest BCUT2D eigenvalue weighted by Crippen LogP contribution is -2.36. The highest BCUT2D eigenvalue weighted by atomic mass is 15.1. The minimum atomic E-state index is 0.452. The van der Waals surface area contributed by atoms with Gasteiger partial charge in [0.05, 0.1) is 0 Å². The molecule has 3 heteroatoms. The van der Waals surface area contributed by atoms with E-state index in [0.717, 1.165) is 24.6 Å². The van der Waals surface area contributed by atoms with Crippen molar-refractivity contribution in [2.45, 2.75) is 39.5 Å². The zero-order chi connectivity index (χ0) is 15.8. The van der Waals surface area contributed by atoms with Gasteiger partial charge in [0, 0.05) is 19.3 Å². The van der Waals surface area contributed by atoms with Crippen LogP contribution in [-0.4, -0.2) is 37.3 Å². The van der Waals surface area contributed by atoms with Gasteiger partial charge in [0.25, 0.3) is 0 Å². The molecule has 0 aromatic heterocycles. The van der Waals surface area contributed by atoms with Crippen molar-refractivity contribution in [1.29, 1.82) is 0 Å². The first-order valence-electron chi connectivity index (χ1n) is 8.67. The molecule has 2 aliphatic rings. The number of allylic oxidation sites excluding steroid dienone is 4. The Hall–Kier alpha value is -1.35. The van der Waals surface area contributed by atoms with Gasteiger partial charge in [0.1, 0.15) is 0 Å². The Kier molecular flexibility index (Phi) is 6.91. The van der Waals surface area contributed by atoms with E-state index in [2.05, 4.69) is 42.0 Å². The summed E-state index contributed by atoms with van der Waals surface area (Å²) in [6.07, 6.45) is 15.4. The van der Waals surface area contributed by atoms with Gasteiger partial charge in [-0.25, -0.2) is 0 Å². The van der Waals surface area contributed by atoms with Gasteiger partial charge in [-0.05, 0) is 62.4 Å². The third kappa shape index (κ3) is 5.45. The fourth-order valence-electron chi connectivity index (χ4n) is 3.09. The minimum Gasteiger partial charge on any atom is -0.404 e. The molecule has 0 aromatic carbocycles. The van der Waals surface area contributed by atoms with E-state index in [1.807, 2.05) is 6.21 Å². The molecular weight excluding hydrogens is 270 g/mol. The molecule has 0 bridgehead atoms. The van der Waals surface area contributed by atoms with Crippen LogP contribution in [0, 0.1) is 11.8 Å². The monoisotopic (exact) mass is 301 g/mol. The van der Waals surface area contributed by atoms with Crippen LogP contribution in [0.3, 0.4) is 0 Å². The van der Waals surface area contributed by atoms with Crippen LogP contribution < -0.4 is 5.73 Å². The zero-order valence-corrected chi connectivity index (χ0v) is 14.2. The molecule has 1 aliphatic carbocycles. The highest BCUT2D eigenvalue weighted by Gasteiger charge is 2.19. The zero-order valence-electron chi connectivity index (χ0n) is 14.2. The van der Waals surface area contributed by atoms with Gasteiger partial charge < -0.3 is 5.73 Å². The summed E-state index contributed by atoms with van der Waals surface area (Å²) < 4.78 is 0. The van der Waals surface area contributed by atoms with E-state index in [0.29, 0.717) is 5.92 Å². The predicted molar refractivity (Wildman–Crippen MR) is 96.1 cm³/mol. The number of hydrogen-bond acceptors (Lipinski definition) is 3. The Bertz CT molecular complexity index is 449. The van der Waals surface area contributed by atoms with Gasteiger partial charge in [0.2, 0.25) is 0 Å². The summed E-state index contributed by atoms with van der Waals surface area (Å²) in [5.74, 6) is 1.19. The second-order valence-corrected chi connectivity index (χ2v) is 6.83. The SMILES string of the molecule is CC(C)/C(C=NCC1CCN(CC2=CC=CCC2)CC1)=C/N. The summed E-state index contributed by atoms with van der Waals surface area (Å²) in [6.45, 7) is 8.84. The first kappa shape index (κ1) is 17.0. The van der Waals surface area contributed by atoms with Crippen molar-refractivity contribution < 1.29 is 0 Å². The van der Waals surface area contributed by atoms with Gasteiger partial charge in [-0.2, -0.15) is 0 Å². The summed E-state index contributed by atoms with van der Waals surface area (Å²) >= 11 is 0. The Morgan fingerprint density at radius 1 is 1.41 bits per heavy atom. The fraction of sp³-hybridized carbons (Fsp3) is 0.632. The number of rotatable bonds is 6. The topological polar surface area (TPSA) is 41.6 Å². The highest BCUT2D eigenvalue weighted by molar-refractivity contribution is 5.78. The van der Waals surface area contributed by atoms with Gasteiger partial charge in [-0.15, -0.1) is 0 Å². The average Bonchev–Trinajstić information content (AvgIpc) is 2.54. The van der Waals surface area contributed by atoms with Crippen LogP contribution in [-0.2, 0) is 0 Å². The van der Waals surface area contributed by atoms with E-state index in [4.69, 9.17) is 5.73 Å². The lowest BCUT2D eigenvalue weighted by molar-refractivity contribution is 0.200. The van der Waals surface area contributed by atoms with Crippen molar-refractivity contribution >= 4 is 6.21 Å². The van der Waals surface area contributed by atoms with Crippen molar-refractivity contribution in [2.24, 2.45) is 22.6 Å². The summed E-state index contributed by atoms with van der Waals surface area (Å²) in [4.78, 5) is 7.22. The van der Waals surface area contributed by atoms with Crippen LogP contribution in [0.5, 0.6) is 0 Å². The van der Waals surface area contributed by atoms with Gasteiger partial charge in [-0.1, -0.05) is 37.6 Å². The van der Waals surface area contributed by atoms with Crippen LogP contribution >= 0.6 is 0 Å². The van der Waals surface area contributed by atoms with E-state index in [1.165, 1.54) is 38.8 Å². The van der Waals surface area contributed by atoms with Gasteiger partial charge >= 0.3 is 0 Å². The Morgan fingerprint density at radius 2 is 2.18 bits per heavy atom. The lowest BCUT2D eigenvalue weighted by Gasteiger charge is -2.32. The van der Waals surface area contributed by atoms with Crippen LogP contribution in [0.15, 0.2) is 40.6 Å². The molecule has 0 unspecified atom stereocenters. The first-order chi connectivity index (χ1) is 10.7. The quantitative estimate of drug-likeness (QED) is 0.762. The van der Waals surface area contributed by atoms with Crippen molar-refractivity contribution in [2.75, 3.05) is 26.2 Å². The Morgan fingerprint density at radius 3 is 2.77 bits per heavy atom. The molecular formula is C19H31N3. The molecule has 0 atom stereocenters. The van der Waals surface area contributed by atoms with Crippen molar-refractivity contribution in [3.05, 3.63) is 35.6 Å². The van der Waals surface area contributed by atoms with Crippen LogP contribution in [0.1, 0.15) is 39.5 Å². The van der Waals surface area contributed by atoms with Gasteiger partial charge in [-0.3, -0.25) is 9.89 Å². The average molecular weight is 301 g/mol. The molecule has 2 N–H and O–H groups in total. The molecule has 122 valence electrons. The second-order valence-electron chi connectivity index (χ2n) is 6.83. The first-order valence-corrected chi connectivity index (χ1v) is 8.67. The van der Waals surface area contributed by atoms with Crippen LogP contribution in [0.4, 0.5) is 0 Å². The third-order valence-electron chi connectivity index (χ3n) is 4.70. The summed E-state index contributed by atoms with van der Waals surface area (Å²) in [7, 11) is 0. The second kappa shape index (κ2) is 8.94. The number of hydrogen-bond donors (Lipinski definition) is 1. The van der Waals surface area contributed by atoms with Gasteiger partial charge in [0.15, 0.2) is 0 Å². The van der Waals surface area contributed by atoms with Crippen molar-refractivity contribution in [1.82, 2.24) is 4.90 Å². The van der Waals surface area contributed by atoms with Crippen LogP contribution in [0.25, 0.3) is 0 Å². The lowest BCUT2D eigenvalue weighted by atomic mass is 9.95. The molecule has 1 saturated heterocycles. The molecule has 1 aliphatic heterocycles. The highest BCUT2D eigenvalue weighted by Crippen LogP contribution is 2.20. The summed E-state index contributed by atoms with van der Waals surface area (Å²) in [5.41, 5.74) is 8.36. The van der Waals surface area contributed by atoms with Crippen LogP contribution in [0.2, 0.25) is 0 Å². The number of nitrogens with zero attached hydrogens (tertiary/aromatic N) is 2. The summed E-state index contributed by atoms with van der Waals surface area (Å²) in [6, 6.07) is 0. The maximum atomic E-state index is 5.63. The molecule has 0 aromatic rings. The molecule has 2 rings (SSSR count). The molecule has 0 saturated carbocycles. The maximum Gasteiger partial charge on any atom is 0.0418 e. The summed E-state index contributed by atoms with van der Waals surface area (Å²) in [5, 5.41) is 0. The smallest absolute Gasteiger partial charge is 0.0418 e. The molecule has 1 fully saturated rings. The molecule has 0 radical (unpaired) electrons. The fourth-order valence-corrected chi connectivity index (χ4v) is 3.09. The Balaban J connectivity index is 1.70. The number of piperidine rings is 1. The largest absolute Gasteiger partial charge is 0.404 e. The third-order valence-corrected chi connectivity index (χ3v) is 4.70. The normalized spacial score (nSPS) is 21.8. The predicted octanol–water partition coefficient (Wildman–Crippen LogP) is 3.54. The molecule has 22 heavy (non-hydrogen) atoms. The standard InChI is InChI=1S/C19H31N3/c1-16(2)19(12-20)14-21-13-17-8-10-22(11-9-17)15-18-6-4-3-5-7-18/h3-4,6,12,14,16-17H,5,7-11,13,15,20H2,1-2H3/b19-12+,21-14?. The van der Waals surface area contributed by atoms with E-state index in [-0.39, 0.29) is 0 Å². The number of nitrogens with two attached hydrogens (primary N) is 1. The molecule has 3 nitrogen and oxygen atoms in total.